The smallest absolute Gasteiger partial charge is 0.330 e. The number of carbonyl (C=O) groups excluding carboxylic acids is 1. The molecular weight excluding hydrogens is 188 g/mol. The summed E-state index contributed by atoms with van der Waals surface area (Å²) in [6.45, 7) is 8.02. The second kappa shape index (κ2) is 2.31. The van der Waals surface area contributed by atoms with Crippen LogP contribution in [0.15, 0.2) is 12.7 Å². The Bertz CT molecular complexity index is 358. The van der Waals surface area contributed by atoms with Gasteiger partial charge in [-0.1, -0.05) is 20.4 Å². The molecule has 3 aliphatic rings. The van der Waals surface area contributed by atoms with E-state index in [2.05, 4.69) is 20.4 Å². The minimum absolute atomic E-state index is 0.145. The molecule has 1 spiro atoms. The van der Waals surface area contributed by atoms with Gasteiger partial charge < -0.3 is 4.74 Å². The summed E-state index contributed by atoms with van der Waals surface area (Å²) >= 11 is 0. The molecule has 3 rings (SSSR count). The molecule has 0 aromatic carbocycles. The molecule has 3 saturated carbocycles. The van der Waals surface area contributed by atoms with Gasteiger partial charge >= 0.3 is 5.97 Å². The molecule has 0 aromatic heterocycles. The fourth-order valence-corrected chi connectivity index (χ4v) is 4.43. The zero-order chi connectivity index (χ0) is 10.9. The molecule has 3 aliphatic carbocycles. The number of fused-ring (bicyclic) bond motifs is 1. The third-order valence-corrected chi connectivity index (χ3v) is 5.43. The number of ether oxygens (including phenoxy) is 1. The molecule has 0 N–H and O–H groups in total. The number of carbonyl (C=O) groups is 1. The normalized spacial score (nSPS) is 48.5. The van der Waals surface area contributed by atoms with Gasteiger partial charge in [0, 0.05) is 16.9 Å². The predicted molar refractivity (Wildman–Crippen MR) is 57.2 cm³/mol. The van der Waals surface area contributed by atoms with E-state index >= 15 is 0 Å². The number of esters is 1. The van der Waals surface area contributed by atoms with Gasteiger partial charge in [-0.15, -0.1) is 0 Å². The van der Waals surface area contributed by atoms with Crippen LogP contribution in [0.5, 0.6) is 0 Å². The van der Waals surface area contributed by atoms with E-state index in [0.717, 1.165) is 12.3 Å². The van der Waals surface area contributed by atoms with E-state index in [-0.39, 0.29) is 17.0 Å². The second-order valence-corrected chi connectivity index (χ2v) is 6.07. The van der Waals surface area contributed by atoms with Gasteiger partial charge in [0.15, 0.2) is 0 Å². The predicted octanol–water partition coefficient (Wildman–Crippen LogP) is 2.68. The Kier molecular flexibility index (Phi) is 1.45. The van der Waals surface area contributed by atoms with E-state index < -0.39 is 0 Å². The molecule has 0 radical (unpaired) electrons. The highest BCUT2D eigenvalue weighted by molar-refractivity contribution is 5.82. The van der Waals surface area contributed by atoms with Gasteiger partial charge in [-0.25, -0.2) is 4.79 Å². The van der Waals surface area contributed by atoms with Gasteiger partial charge in [0.2, 0.25) is 0 Å². The first-order valence-corrected chi connectivity index (χ1v) is 5.83. The van der Waals surface area contributed by atoms with Crippen LogP contribution in [0.1, 0.15) is 39.5 Å². The van der Waals surface area contributed by atoms with Crippen molar-refractivity contribution >= 4 is 5.97 Å². The van der Waals surface area contributed by atoms with Crippen molar-refractivity contribution in [3.05, 3.63) is 12.7 Å². The molecular formula is C13H18O2. The lowest BCUT2D eigenvalue weighted by Gasteiger charge is -2.38. The van der Waals surface area contributed by atoms with E-state index in [1.54, 1.807) is 0 Å². The Morgan fingerprint density at radius 2 is 2.27 bits per heavy atom. The van der Waals surface area contributed by atoms with Gasteiger partial charge in [0.1, 0.15) is 5.60 Å². The molecule has 0 aliphatic heterocycles. The average Bonchev–Trinajstić information content (AvgIpc) is 2.54. The largest absolute Gasteiger partial charge is 0.455 e. The maximum absolute atomic E-state index is 11.4. The van der Waals surface area contributed by atoms with Gasteiger partial charge in [-0.2, -0.15) is 0 Å². The molecule has 0 aromatic rings. The molecule has 3 fully saturated rings. The van der Waals surface area contributed by atoms with Crippen molar-refractivity contribution in [2.45, 2.75) is 45.1 Å². The molecule has 2 nitrogen and oxygen atoms in total. The molecule has 0 heterocycles. The number of hydrogen-bond acceptors (Lipinski definition) is 2. The summed E-state index contributed by atoms with van der Waals surface area (Å²) in [5.74, 6) is 0.511. The fraction of sp³-hybridized carbons (Fsp3) is 0.769. The lowest BCUT2D eigenvalue weighted by molar-refractivity contribution is -0.157. The van der Waals surface area contributed by atoms with E-state index in [0.29, 0.717) is 5.41 Å². The molecule has 3 atom stereocenters. The van der Waals surface area contributed by atoms with Crippen LogP contribution in [-0.4, -0.2) is 11.6 Å². The maximum Gasteiger partial charge on any atom is 0.330 e. The zero-order valence-electron chi connectivity index (χ0n) is 9.51. The molecule has 15 heavy (non-hydrogen) atoms. The second-order valence-electron chi connectivity index (χ2n) is 6.07. The first kappa shape index (κ1) is 9.44. The quantitative estimate of drug-likeness (QED) is 0.513. The Morgan fingerprint density at radius 1 is 1.53 bits per heavy atom. The fourth-order valence-electron chi connectivity index (χ4n) is 4.43. The van der Waals surface area contributed by atoms with Crippen LogP contribution in [0, 0.1) is 16.7 Å². The van der Waals surface area contributed by atoms with Crippen LogP contribution in [-0.2, 0) is 9.53 Å². The van der Waals surface area contributed by atoms with Crippen LogP contribution >= 0.6 is 0 Å². The summed E-state index contributed by atoms with van der Waals surface area (Å²) < 4.78 is 5.70. The summed E-state index contributed by atoms with van der Waals surface area (Å²) in [5.41, 5.74) is 0.373. The van der Waals surface area contributed by atoms with Gasteiger partial charge in [0.25, 0.3) is 0 Å². The highest BCUT2D eigenvalue weighted by Crippen LogP contribution is 2.83. The first-order chi connectivity index (χ1) is 6.97. The Hall–Kier alpha value is -0.790. The number of rotatable bonds is 2. The maximum atomic E-state index is 11.4. The standard InChI is InChI=1S/C13H18O2/c1-4-10(14)15-13-8-12(13)6-5-9(7-12)11(13,2)3/h4,9H,1,5-8H2,2-3H3. The average molecular weight is 206 g/mol. The highest BCUT2D eigenvalue weighted by Gasteiger charge is 2.84. The monoisotopic (exact) mass is 206 g/mol. The first-order valence-electron chi connectivity index (χ1n) is 5.83. The van der Waals surface area contributed by atoms with Gasteiger partial charge in [-0.05, 0) is 31.6 Å². The molecule has 2 bridgehead atoms. The molecule has 2 heteroatoms. The van der Waals surface area contributed by atoms with Crippen LogP contribution in [0.3, 0.4) is 0 Å². The van der Waals surface area contributed by atoms with Crippen molar-refractivity contribution in [3.8, 4) is 0 Å². The lowest BCUT2D eigenvalue weighted by Crippen LogP contribution is -2.41. The summed E-state index contributed by atoms with van der Waals surface area (Å²) in [4.78, 5) is 11.4. The van der Waals surface area contributed by atoms with Crippen LogP contribution < -0.4 is 0 Å². The van der Waals surface area contributed by atoms with Crippen molar-refractivity contribution < 1.29 is 9.53 Å². The Morgan fingerprint density at radius 3 is 2.80 bits per heavy atom. The summed E-state index contributed by atoms with van der Waals surface area (Å²) in [5, 5.41) is 0. The topological polar surface area (TPSA) is 26.3 Å². The zero-order valence-corrected chi connectivity index (χ0v) is 9.51. The van der Waals surface area contributed by atoms with Crippen LogP contribution in [0.4, 0.5) is 0 Å². The van der Waals surface area contributed by atoms with Crippen molar-refractivity contribution in [1.82, 2.24) is 0 Å². The molecule has 0 saturated heterocycles. The lowest BCUT2D eigenvalue weighted by atomic mass is 9.73. The molecule has 0 amide bonds. The van der Waals surface area contributed by atoms with E-state index in [9.17, 15) is 4.79 Å². The summed E-state index contributed by atoms with van der Waals surface area (Å²) in [6.07, 6.45) is 6.22. The highest BCUT2D eigenvalue weighted by atomic mass is 16.6. The van der Waals surface area contributed by atoms with E-state index in [1.165, 1.54) is 25.3 Å². The minimum atomic E-state index is -0.243. The summed E-state index contributed by atoms with van der Waals surface area (Å²) in [7, 11) is 0. The third-order valence-electron chi connectivity index (χ3n) is 5.43. The Balaban J connectivity index is 1.94. The van der Waals surface area contributed by atoms with Crippen LogP contribution in [0.2, 0.25) is 0 Å². The number of hydrogen-bond donors (Lipinski definition) is 0. The van der Waals surface area contributed by atoms with Crippen LogP contribution in [0.25, 0.3) is 0 Å². The van der Waals surface area contributed by atoms with E-state index in [4.69, 9.17) is 4.74 Å². The van der Waals surface area contributed by atoms with Crippen molar-refractivity contribution in [2.24, 2.45) is 16.7 Å². The molecule has 82 valence electrons. The molecule has 3 unspecified atom stereocenters. The van der Waals surface area contributed by atoms with Crippen molar-refractivity contribution in [1.29, 1.82) is 0 Å². The van der Waals surface area contributed by atoms with Crippen molar-refractivity contribution in [3.63, 3.8) is 0 Å². The SMILES string of the molecule is C=CC(=O)OC12CC13CCC(C3)C2(C)C. The Labute approximate surface area is 90.7 Å². The third kappa shape index (κ3) is 0.812. The van der Waals surface area contributed by atoms with E-state index in [1.807, 2.05) is 0 Å². The minimum Gasteiger partial charge on any atom is -0.455 e. The van der Waals surface area contributed by atoms with Gasteiger partial charge in [0.05, 0.1) is 0 Å². The van der Waals surface area contributed by atoms with Gasteiger partial charge in [-0.3, -0.25) is 0 Å². The van der Waals surface area contributed by atoms with Crippen molar-refractivity contribution in [2.75, 3.05) is 0 Å². The summed E-state index contributed by atoms with van der Waals surface area (Å²) in [6, 6.07) is 0.